The molecule has 31 heavy (non-hydrogen) atoms. The fraction of sp³-hybridized carbons (Fsp3) is 0.321. The van der Waals surface area contributed by atoms with Crippen LogP contribution in [0, 0.1) is 13.8 Å². The Morgan fingerprint density at radius 1 is 0.903 bits per heavy atom. The number of rotatable bonds is 6. The van der Waals surface area contributed by atoms with Crippen molar-refractivity contribution in [3.8, 4) is 0 Å². The van der Waals surface area contributed by atoms with Crippen molar-refractivity contribution in [3.05, 3.63) is 107 Å². The van der Waals surface area contributed by atoms with E-state index >= 15 is 0 Å². The standard InChI is InChI=1S/C28H32N2O/c1-21-15-22(2)17-25(16-21)28(31)30-14-13-26(29-20-24-11-7-4-8-12-24)19-27(30)18-23-9-5-3-6-10-23/h3-12,15-17,26-27,29H,13-14,18-20H2,1-2H3/t26-,27+/m0/s1. The SMILES string of the molecule is Cc1cc(C)cc(C(=O)N2CC[C@H](NCc3ccccc3)C[C@H]2Cc2ccccc2)c1. The molecular weight excluding hydrogens is 380 g/mol. The molecule has 1 amide bonds. The monoisotopic (exact) mass is 412 g/mol. The quantitative estimate of drug-likeness (QED) is 0.595. The molecule has 3 heteroatoms. The molecular formula is C28H32N2O. The molecule has 0 radical (unpaired) electrons. The van der Waals surface area contributed by atoms with Crippen LogP contribution in [-0.2, 0) is 13.0 Å². The molecule has 1 N–H and O–H groups in total. The zero-order valence-corrected chi connectivity index (χ0v) is 18.6. The van der Waals surface area contributed by atoms with E-state index < -0.39 is 0 Å². The molecule has 4 rings (SSSR count). The minimum Gasteiger partial charge on any atom is -0.335 e. The molecule has 1 aliphatic heterocycles. The Balaban J connectivity index is 1.50. The summed E-state index contributed by atoms with van der Waals surface area (Å²) in [4.78, 5) is 15.6. The lowest BCUT2D eigenvalue weighted by molar-refractivity contribution is 0.0576. The molecule has 1 saturated heterocycles. The van der Waals surface area contributed by atoms with Gasteiger partial charge in [-0.3, -0.25) is 4.79 Å². The molecule has 2 atom stereocenters. The van der Waals surface area contributed by atoms with Gasteiger partial charge in [0.05, 0.1) is 0 Å². The Hall–Kier alpha value is -2.91. The highest BCUT2D eigenvalue weighted by Gasteiger charge is 2.32. The third-order valence-corrected chi connectivity index (χ3v) is 6.20. The van der Waals surface area contributed by atoms with Crippen LogP contribution < -0.4 is 5.32 Å². The lowest BCUT2D eigenvalue weighted by Gasteiger charge is -2.40. The van der Waals surface area contributed by atoms with Crippen molar-refractivity contribution < 1.29 is 4.79 Å². The topological polar surface area (TPSA) is 32.3 Å². The Morgan fingerprint density at radius 2 is 1.52 bits per heavy atom. The Labute approximate surface area is 186 Å². The van der Waals surface area contributed by atoms with E-state index in [1.165, 1.54) is 11.1 Å². The summed E-state index contributed by atoms with van der Waals surface area (Å²) in [7, 11) is 0. The van der Waals surface area contributed by atoms with Gasteiger partial charge in [0, 0.05) is 30.7 Å². The predicted octanol–water partition coefficient (Wildman–Crippen LogP) is 5.31. The van der Waals surface area contributed by atoms with E-state index in [9.17, 15) is 4.79 Å². The number of carbonyl (C=O) groups excluding carboxylic acids is 1. The predicted molar refractivity (Wildman–Crippen MR) is 127 cm³/mol. The normalized spacial score (nSPS) is 18.7. The largest absolute Gasteiger partial charge is 0.335 e. The van der Waals surface area contributed by atoms with Gasteiger partial charge in [-0.2, -0.15) is 0 Å². The van der Waals surface area contributed by atoms with E-state index in [2.05, 4.69) is 84.7 Å². The number of aryl methyl sites for hydroxylation is 2. The van der Waals surface area contributed by atoms with E-state index in [1.54, 1.807) is 0 Å². The van der Waals surface area contributed by atoms with Crippen LogP contribution in [0.5, 0.6) is 0 Å². The summed E-state index contributed by atoms with van der Waals surface area (Å²) in [5, 5.41) is 3.73. The lowest BCUT2D eigenvalue weighted by atomic mass is 9.91. The molecule has 0 bridgehead atoms. The number of likely N-dealkylation sites (tertiary alicyclic amines) is 1. The van der Waals surface area contributed by atoms with Crippen LogP contribution in [0.2, 0.25) is 0 Å². The first kappa shape index (κ1) is 21.3. The van der Waals surface area contributed by atoms with Gasteiger partial charge in [-0.25, -0.2) is 0 Å². The summed E-state index contributed by atoms with van der Waals surface area (Å²) in [6.45, 7) is 5.78. The molecule has 3 aromatic rings. The fourth-order valence-electron chi connectivity index (χ4n) is 4.71. The van der Waals surface area contributed by atoms with Gasteiger partial charge in [-0.15, -0.1) is 0 Å². The molecule has 160 valence electrons. The third-order valence-electron chi connectivity index (χ3n) is 6.20. The van der Waals surface area contributed by atoms with Crippen LogP contribution in [0.3, 0.4) is 0 Å². The highest BCUT2D eigenvalue weighted by Crippen LogP contribution is 2.24. The fourth-order valence-corrected chi connectivity index (χ4v) is 4.71. The maximum Gasteiger partial charge on any atom is 0.254 e. The summed E-state index contributed by atoms with van der Waals surface area (Å²) in [5.74, 6) is 0.161. The second-order valence-electron chi connectivity index (χ2n) is 8.81. The van der Waals surface area contributed by atoms with E-state index in [-0.39, 0.29) is 11.9 Å². The average molecular weight is 413 g/mol. The van der Waals surface area contributed by atoms with E-state index in [4.69, 9.17) is 0 Å². The van der Waals surface area contributed by atoms with E-state index in [0.29, 0.717) is 6.04 Å². The van der Waals surface area contributed by atoms with Crippen molar-refractivity contribution in [2.24, 2.45) is 0 Å². The Kier molecular flexibility index (Phi) is 6.83. The van der Waals surface area contributed by atoms with Crippen molar-refractivity contribution in [2.45, 2.75) is 51.7 Å². The van der Waals surface area contributed by atoms with Crippen molar-refractivity contribution in [2.75, 3.05) is 6.54 Å². The number of carbonyl (C=O) groups is 1. The molecule has 1 heterocycles. The molecule has 0 unspecified atom stereocenters. The van der Waals surface area contributed by atoms with Crippen LogP contribution in [-0.4, -0.2) is 29.4 Å². The molecule has 3 aromatic carbocycles. The number of nitrogens with one attached hydrogen (secondary N) is 1. The van der Waals surface area contributed by atoms with Crippen LogP contribution >= 0.6 is 0 Å². The molecule has 0 aliphatic carbocycles. The van der Waals surface area contributed by atoms with Gasteiger partial charge < -0.3 is 10.2 Å². The van der Waals surface area contributed by atoms with Crippen LogP contribution in [0.1, 0.15) is 45.5 Å². The van der Waals surface area contributed by atoms with Gasteiger partial charge in [0.15, 0.2) is 0 Å². The maximum atomic E-state index is 13.5. The first-order valence-corrected chi connectivity index (χ1v) is 11.3. The summed E-state index contributed by atoms with van der Waals surface area (Å²) in [6.07, 6.45) is 2.84. The molecule has 1 aliphatic rings. The smallest absolute Gasteiger partial charge is 0.254 e. The third kappa shape index (κ3) is 5.62. The number of benzene rings is 3. The minimum atomic E-state index is 0.161. The highest BCUT2D eigenvalue weighted by atomic mass is 16.2. The van der Waals surface area contributed by atoms with Crippen LogP contribution in [0.4, 0.5) is 0 Å². The molecule has 0 saturated carbocycles. The number of amides is 1. The zero-order valence-electron chi connectivity index (χ0n) is 18.6. The minimum absolute atomic E-state index is 0.161. The van der Waals surface area contributed by atoms with Crippen molar-refractivity contribution in [1.82, 2.24) is 10.2 Å². The lowest BCUT2D eigenvalue weighted by Crippen LogP contribution is -2.51. The van der Waals surface area contributed by atoms with Gasteiger partial charge in [0.25, 0.3) is 5.91 Å². The second-order valence-corrected chi connectivity index (χ2v) is 8.81. The van der Waals surface area contributed by atoms with Gasteiger partial charge in [-0.05, 0) is 56.4 Å². The summed E-state index contributed by atoms with van der Waals surface area (Å²) < 4.78 is 0. The maximum absolute atomic E-state index is 13.5. The molecule has 0 aromatic heterocycles. The zero-order chi connectivity index (χ0) is 21.6. The van der Waals surface area contributed by atoms with Gasteiger partial charge >= 0.3 is 0 Å². The average Bonchev–Trinajstić information content (AvgIpc) is 2.78. The molecule has 0 spiro atoms. The van der Waals surface area contributed by atoms with Gasteiger partial charge in [0.1, 0.15) is 0 Å². The first-order valence-electron chi connectivity index (χ1n) is 11.3. The van der Waals surface area contributed by atoms with Crippen LogP contribution in [0.15, 0.2) is 78.9 Å². The Morgan fingerprint density at radius 3 is 2.16 bits per heavy atom. The van der Waals surface area contributed by atoms with E-state index in [0.717, 1.165) is 49.0 Å². The van der Waals surface area contributed by atoms with E-state index in [1.807, 2.05) is 18.2 Å². The van der Waals surface area contributed by atoms with Crippen LogP contribution in [0.25, 0.3) is 0 Å². The first-order chi connectivity index (χ1) is 15.1. The van der Waals surface area contributed by atoms with Gasteiger partial charge in [0.2, 0.25) is 0 Å². The summed E-state index contributed by atoms with van der Waals surface area (Å²) in [6, 6.07) is 27.9. The Bertz CT molecular complexity index is 980. The number of nitrogens with zero attached hydrogens (tertiary/aromatic N) is 1. The highest BCUT2D eigenvalue weighted by molar-refractivity contribution is 5.95. The van der Waals surface area contributed by atoms with Gasteiger partial charge in [-0.1, -0.05) is 77.9 Å². The molecule has 1 fully saturated rings. The second kappa shape index (κ2) is 9.93. The summed E-state index contributed by atoms with van der Waals surface area (Å²) in [5.41, 5.74) is 5.68. The number of piperidine rings is 1. The summed E-state index contributed by atoms with van der Waals surface area (Å²) >= 11 is 0. The number of hydrogen-bond donors (Lipinski definition) is 1. The number of hydrogen-bond acceptors (Lipinski definition) is 2. The van der Waals surface area contributed by atoms with Crippen molar-refractivity contribution >= 4 is 5.91 Å². The van der Waals surface area contributed by atoms with Crippen molar-refractivity contribution in [1.29, 1.82) is 0 Å². The van der Waals surface area contributed by atoms with Crippen molar-refractivity contribution in [3.63, 3.8) is 0 Å². The molecule has 3 nitrogen and oxygen atoms in total.